The van der Waals surface area contributed by atoms with Gasteiger partial charge in [0, 0.05) is 5.75 Å². The monoisotopic (exact) mass is 332 g/mol. The zero-order chi connectivity index (χ0) is 16.2. The molecule has 0 aliphatic heterocycles. The Labute approximate surface area is 136 Å². The summed E-state index contributed by atoms with van der Waals surface area (Å²) in [4.78, 5) is 7.45. The molecular formula is C17H14F2N2OS. The molecule has 0 saturated heterocycles. The van der Waals surface area contributed by atoms with E-state index in [4.69, 9.17) is 4.74 Å². The Balaban J connectivity index is 1.67. The second-order valence-corrected chi connectivity index (χ2v) is 5.83. The second kappa shape index (κ2) is 6.83. The third-order valence-electron chi connectivity index (χ3n) is 3.30. The molecule has 3 aromatic rings. The molecule has 0 aliphatic carbocycles. The number of imidazole rings is 1. The molecule has 0 radical (unpaired) electrons. The number of thioether (sulfide) groups is 1. The van der Waals surface area contributed by atoms with Crippen LogP contribution in [0, 0.1) is 11.6 Å². The molecule has 6 heteroatoms. The van der Waals surface area contributed by atoms with Crippen LogP contribution in [0.25, 0.3) is 11.3 Å². The van der Waals surface area contributed by atoms with Crippen LogP contribution in [0.3, 0.4) is 0 Å². The third-order valence-corrected chi connectivity index (χ3v) is 4.26. The lowest BCUT2D eigenvalue weighted by Gasteiger charge is -2.04. The zero-order valence-corrected chi connectivity index (χ0v) is 13.2. The molecule has 0 spiro atoms. The van der Waals surface area contributed by atoms with Crippen molar-refractivity contribution in [2.45, 2.75) is 10.9 Å². The van der Waals surface area contributed by atoms with Crippen molar-refractivity contribution in [2.75, 3.05) is 7.11 Å². The average molecular weight is 332 g/mol. The van der Waals surface area contributed by atoms with E-state index in [9.17, 15) is 8.78 Å². The maximum absolute atomic E-state index is 13.6. The molecule has 0 bridgehead atoms. The predicted molar refractivity (Wildman–Crippen MR) is 86.5 cm³/mol. The lowest BCUT2D eigenvalue weighted by atomic mass is 10.2. The summed E-state index contributed by atoms with van der Waals surface area (Å²) < 4.78 is 31.5. The lowest BCUT2D eigenvalue weighted by molar-refractivity contribution is 0.386. The molecule has 3 nitrogen and oxygen atoms in total. The number of H-pyrrole nitrogens is 1. The van der Waals surface area contributed by atoms with Crippen LogP contribution in [0.2, 0.25) is 0 Å². The maximum atomic E-state index is 13.6. The van der Waals surface area contributed by atoms with Gasteiger partial charge in [-0.3, -0.25) is 0 Å². The normalized spacial score (nSPS) is 10.7. The Bertz CT molecular complexity index is 803. The summed E-state index contributed by atoms with van der Waals surface area (Å²) in [6.07, 6.45) is 1.70. The molecule has 1 heterocycles. The topological polar surface area (TPSA) is 37.9 Å². The molecule has 1 N–H and O–H groups in total. The summed E-state index contributed by atoms with van der Waals surface area (Å²) in [6, 6.07) is 11.1. The minimum atomic E-state index is -0.378. The van der Waals surface area contributed by atoms with Crippen LogP contribution in [0.1, 0.15) is 5.56 Å². The van der Waals surface area contributed by atoms with Crippen LogP contribution in [0.4, 0.5) is 8.78 Å². The molecule has 0 amide bonds. The Kier molecular flexibility index (Phi) is 4.62. The van der Waals surface area contributed by atoms with Gasteiger partial charge in [-0.1, -0.05) is 17.8 Å². The average Bonchev–Trinajstić information content (AvgIpc) is 3.03. The molecule has 118 valence electrons. The van der Waals surface area contributed by atoms with Gasteiger partial charge in [0.25, 0.3) is 0 Å². The highest BCUT2D eigenvalue weighted by atomic mass is 32.2. The zero-order valence-electron chi connectivity index (χ0n) is 12.3. The maximum Gasteiger partial charge on any atom is 0.166 e. The van der Waals surface area contributed by atoms with Crippen LogP contribution in [0.15, 0.2) is 53.8 Å². The van der Waals surface area contributed by atoms with Crippen molar-refractivity contribution in [1.82, 2.24) is 9.97 Å². The summed E-state index contributed by atoms with van der Waals surface area (Å²) in [5.41, 5.74) is 2.52. The fourth-order valence-electron chi connectivity index (χ4n) is 2.10. The summed E-state index contributed by atoms with van der Waals surface area (Å²) in [5.74, 6) is 0.161. The quantitative estimate of drug-likeness (QED) is 0.691. The molecule has 1 aromatic heterocycles. The molecule has 23 heavy (non-hydrogen) atoms. The van der Waals surface area contributed by atoms with E-state index in [1.54, 1.807) is 24.4 Å². The Hall–Kier alpha value is -2.34. The minimum Gasteiger partial charge on any atom is -0.494 e. The van der Waals surface area contributed by atoms with E-state index < -0.39 is 0 Å². The van der Waals surface area contributed by atoms with Crippen LogP contribution < -0.4 is 4.74 Å². The number of methoxy groups -OCH3 is 1. The minimum absolute atomic E-state index is 0.232. The third kappa shape index (κ3) is 3.71. The number of aromatic amines is 1. The number of halogens is 2. The van der Waals surface area contributed by atoms with E-state index in [2.05, 4.69) is 9.97 Å². The predicted octanol–water partition coefficient (Wildman–Crippen LogP) is 4.66. The first-order valence-electron chi connectivity index (χ1n) is 6.92. The Morgan fingerprint density at radius 1 is 1.13 bits per heavy atom. The van der Waals surface area contributed by atoms with Gasteiger partial charge in [0.1, 0.15) is 5.82 Å². The van der Waals surface area contributed by atoms with E-state index in [1.165, 1.54) is 37.1 Å². The van der Waals surface area contributed by atoms with Crippen LogP contribution in [-0.2, 0) is 5.75 Å². The van der Waals surface area contributed by atoms with Crippen LogP contribution in [-0.4, -0.2) is 17.1 Å². The van der Waals surface area contributed by atoms with E-state index >= 15 is 0 Å². The Morgan fingerprint density at radius 3 is 2.61 bits per heavy atom. The fraction of sp³-hybridized carbons (Fsp3) is 0.118. The van der Waals surface area contributed by atoms with Crippen LogP contribution >= 0.6 is 11.8 Å². The molecule has 0 unspecified atom stereocenters. The molecule has 0 fully saturated rings. The van der Waals surface area contributed by atoms with Crippen LogP contribution in [0.5, 0.6) is 5.75 Å². The highest BCUT2D eigenvalue weighted by Gasteiger charge is 2.07. The molecule has 0 atom stereocenters. The Morgan fingerprint density at radius 2 is 1.91 bits per heavy atom. The van der Waals surface area contributed by atoms with Crippen molar-refractivity contribution in [3.63, 3.8) is 0 Å². The van der Waals surface area contributed by atoms with Gasteiger partial charge in [0.05, 0.1) is 19.0 Å². The largest absolute Gasteiger partial charge is 0.494 e. The SMILES string of the molecule is COc1ccc(CSc2ncc(-c3ccc(F)cc3)[nH]2)cc1F. The summed E-state index contributed by atoms with van der Waals surface area (Å²) in [6.45, 7) is 0. The van der Waals surface area contributed by atoms with Crippen molar-refractivity contribution in [3.05, 3.63) is 65.9 Å². The first-order valence-corrected chi connectivity index (χ1v) is 7.90. The standard InChI is InChI=1S/C17H14F2N2OS/c1-22-16-7-2-11(8-14(16)19)10-23-17-20-9-15(21-17)12-3-5-13(18)6-4-12/h2-9H,10H2,1H3,(H,20,21). The number of ether oxygens (including phenoxy) is 1. The van der Waals surface area contributed by atoms with E-state index in [-0.39, 0.29) is 17.4 Å². The second-order valence-electron chi connectivity index (χ2n) is 4.87. The smallest absolute Gasteiger partial charge is 0.166 e. The highest BCUT2D eigenvalue weighted by Crippen LogP contribution is 2.26. The van der Waals surface area contributed by atoms with Crippen molar-refractivity contribution >= 4 is 11.8 Å². The number of nitrogens with zero attached hydrogens (tertiary/aromatic N) is 1. The number of hydrogen-bond acceptors (Lipinski definition) is 3. The number of hydrogen-bond donors (Lipinski definition) is 1. The summed E-state index contributed by atoms with van der Waals surface area (Å²) in [7, 11) is 1.44. The van der Waals surface area contributed by atoms with Gasteiger partial charge in [-0.2, -0.15) is 0 Å². The summed E-state index contributed by atoms with van der Waals surface area (Å²) in [5, 5.41) is 0.723. The van der Waals surface area contributed by atoms with Crippen molar-refractivity contribution < 1.29 is 13.5 Å². The number of rotatable bonds is 5. The molecule has 3 rings (SSSR count). The summed E-state index contributed by atoms with van der Waals surface area (Å²) >= 11 is 1.47. The molecule has 0 saturated carbocycles. The molecule has 0 aliphatic rings. The first-order chi connectivity index (χ1) is 11.2. The number of nitrogens with one attached hydrogen (secondary N) is 1. The van der Waals surface area contributed by atoms with Gasteiger partial charge in [-0.15, -0.1) is 0 Å². The number of aromatic nitrogens is 2. The van der Waals surface area contributed by atoms with Crippen molar-refractivity contribution in [3.8, 4) is 17.0 Å². The van der Waals surface area contributed by atoms with Gasteiger partial charge in [-0.05, 0) is 47.5 Å². The molecule has 2 aromatic carbocycles. The fourth-order valence-corrected chi connectivity index (χ4v) is 2.90. The van der Waals surface area contributed by atoms with Gasteiger partial charge < -0.3 is 9.72 Å². The van der Waals surface area contributed by atoms with Gasteiger partial charge in [0.15, 0.2) is 16.7 Å². The van der Waals surface area contributed by atoms with Crippen molar-refractivity contribution in [1.29, 1.82) is 0 Å². The highest BCUT2D eigenvalue weighted by molar-refractivity contribution is 7.98. The van der Waals surface area contributed by atoms with Gasteiger partial charge >= 0.3 is 0 Å². The van der Waals surface area contributed by atoms with Crippen molar-refractivity contribution in [2.24, 2.45) is 0 Å². The lowest BCUT2D eigenvalue weighted by Crippen LogP contribution is -1.90. The van der Waals surface area contributed by atoms with Gasteiger partial charge in [-0.25, -0.2) is 13.8 Å². The van der Waals surface area contributed by atoms with Gasteiger partial charge in [0.2, 0.25) is 0 Å². The van der Waals surface area contributed by atoms with E-state index in [1.807, 2.05) is 6.07 Å². The van der Waals surface area contributed by atoms with E-state index in [0.717, 1.165) is 22.0 Å². The molecular weight excluding hydrogens is 318 g/mol. The number of benzene rings is 2. The van der Waals surface area contributed by atoms with E-state index in [0.29, 0.717) is 5.75 Å². The first kappa shape index (κ1) is 15.6.